The first-order chi connectivity index (χ1) is 13.4. The molecule has 1 aliphatic rings. The van der Waals surface area contributed by atoms with Gasteiger partial charge >= 0.3 is 0 Å². The number of rotatable bonds is 8. The molecule has 0 saturated carbocycles. The highest BCUT2D eigenvalue weighted by Gasteiger charge is 2.23. The van der Waals surface area contributed by atoms with Gasteiger partial charge < -0.3 is 15.0 Å². The summed E-state index contributed by atoms with van der Waals surface area (Å²) in [6, 6.07) is 1.91. The molecule has 0 amide bonds. The molecule has 10 nitrogen and oxygen atoms in total. The number of aryl methyl sites for hydroxylation is 2. The smallest absolute Gasteiger partial charge is 0.244 e. The van der Waals surface area contributed by atoms with E-state index in [0.717, 1.165) is 18.8 Å². The summed E-state index contributed by atoms with van der Waals surface area (Å²) in [4.78, 5) is 2.44. The zero-order chi connectivity index (χ0) is 20.1. The van der Waals surface area contributed by atoms with Crippen LogP contribution in [0.2, 0.25) is 0 Å². The fourth-order valence-electron chi connectivity index (χ4n) is 3.26. The molecule has 0 bridgehead atoms. The number of morpholine rings is 1. The number of hydrogen-bond donors (Lipinski definition) is 2. The summed E-state index contributed by atoms with van der Waals surface area (Å²) in [6.07, 6.45) is 1.72. The molecule has 1 aliphatic heterocycles. The van der Waals surface area contributed by atoms with Crippen molar-refractivity contribution in [1.29, 1.82) is 0 Å². The summed E-state index contributed by atoms with van der Waals surface area (Å²) in [5, 5.41) is 15.5. The van der Waals surface area contributed by atoms with E-state index in [9.17, 15) is 8.42 Å². The van der Waals surface area contributed by atoms with Gasteiger partial charge in [0.15, 0.2) is 5.82 Å². The Morgan fingerprint density at radius 1 is 1.21 bits per heavy atom. The van der Waals surface area contributed by atoms with Gasteiger partial charge in [-0.1, -0.05) is 0 Å². The maximum absolute atomic E-state index is 12.6. The molecular formula is C17H27N7O3S. The minimum Gasteiger partial charge on any atom is -0.378 e. The largest absolute Gasteiger partial charge is 0.378 e. The number of sulfonamides is 1. The Labute approximate surface area is 165 Å². The average Bonchev–Trinajstić information content (AvgIpc) is 3.00. The van der Waals surface area contributed by atoms with Crippen molar-refractivity contribution < 1.29 is 13.2 Å². The molecule has 0 spiro atoms. The third-order valence-electron chi connectivity index (χ3n) is 4.62. The van der Waals surface area contributed by atoms with E-state index in [4.69, 9.17) is 4.74 Å². The monoisotopic (exact) mass is 409 g/mol. The molecule has 0 atom stereocenters. The van der Waals surface area contributed by atoms with Gasteiger partial charge in [-0.15, -0.1) is 5.10 Å². The highest BCUT2D eigenvalue weighted by atomic mass is 32.2. The first-order valence-corrected chi connectivity index (χ1v) is 10.8. The van der Waals surface area contributed by atoms with Crippen LogP contribution in [0.25, 0.3) is 0 Å². The lowest BCUT2D eigenvalue weighted by Gasteiger charge is -2.28. The molecule has 0 unspecified atom stereocenters. The molecule has 1 saturated heterocycles. The maximum atomic E-state index is 12.6. The van der Waals surface area contributed by atoms with Crippen molar-refractivity contribution in [3.8, 4) is 0 Å². The summed E-state index contributed by atoms with van der Waals surface area (Å²) in [5.74, 6) is 0.606. The van der Waals surface area contributed by atoms with Crippen LogP contribution in [0.3, 0.4) is 0 Å². The van der Waals surface area contributed by atoms with Crippen LogP contribution in [0, 0.1) is 13.8 Å². The van der Waals surface area contributed by atoms with E-state index in [-0.39, 0.29) is 11.4 Å². The lowest BCUT2D eigenvalue weighted by molar-refractivity contribution is 0.122. The maximum Gasteiger partial charge on any atom is 0.244 e. The van der Waals surface area contributed by atoms with E-state index in [0.29, 0.717) is 43.5 Å². The fourth-order valence-corrected chi connectivity index (χ4v) is 4.70. The van der Waals surface area contributed by atoms with Crippen molar-refractivity contribution in [3.63, 3.8) is 0 Å². The van der Waals surface area contributed by atoms with E-state index in [1.807, 2.05) is 13.0 Å². The molecule has 28 heavy (non-hydrogen) atoms. The SMILES string of the molecule is CCn1nc(C)c(S(=O)(=O)NCCNc2cc(N3CCOCC3)cnn2)c1C. The van der Waals surface area contributed by atoms with Crippen LogP contribution in [0.5, 0.6) is 0 Å². The second-order valence-electron chi connectivity index (χ2n) is 6.54. The Balaban J connectivity index is 1.56. The van der Waals surface area contributed by atoms with Crippen LogP contribution in [-0.2, 0) is 21.3 Å². The number of aromatic nitrogens is 4. The molecule has 1 fully saturated rings. The first kappa shape index (κ1) is 20.5. The van der Waals surface area contributed by atoms with Gasteiger partial charge in [0.1, 0.15) is 4.90 Å². The second kappa shape index (κ2) is 8.84. The zero-order valence-electron chi connectivity index (χ0n) is 16.5. The third kappa shape index (κ3) is 4.59. The Bertz CT molecular complexity index is 907. The van der Waals surface area contributed by atoms with E-state index in [1.54, 1.807) is 24.7 Å². The van der Waals surface area contributed by atoms with Crippen LogP contribution >= 0.6 is 0 Å². The zero-order valence-corrected chi connectivity index (χ0v) is 17.3. The van der Waals surface area contributed by atoms with Crippen molar-refractivity contribution >= 4 is 21.5 Å². The van der Waals surface area contributed by atoms with Crippen molar-refractivity contribution in [2.24, 2.45) is 0 Å². The minimum absolute atomic E-state index is 0.224. The van der Waals surface area contributed by atoms with Gasteiger partial charge in [-0.25, -0.2) is 13.1 Å². The molecule has 2 N–H and O–H groups in total. The van der Waals surface area contributed by atoms with E-state index < -0.39 is 10.0 Å². The van der Waals surface area contributed by atoms with E-state index in [2.05, 4.69) is 30.2 Å². The normalized spacial score (nSPS) is 15.0. The number of nitrogens with zero attached hydrogens (tertiary/aromatic N) is 5. The van der Waals surface area contributed by atoms with E-state index in [1.165, 1.54) is 0 Å². The second-order valence-corrected chi connectivity index (χ2v) is 8.24. The third-order valence-corrected chi connectivity index (χ3v) is 6.34. The Morgan fingerprint density at radius 3 is 2.64 bits per heavy atom. The van der Waals surface area contributed by atoms with Gasteiger partial charge in [-0.2, -0.15) is 10.2 Å². The molecular weight excluding hydrogens is 382 g/mol. The first-order valence-electron chi connectivity index (χ1n) is 9.35. The molecule has 3 rings (SSSR count). The molecule has 0 aromatic carbocycles. The highest BCUT2D eigenvalue weighted by molar-refractivity contribution is 7.89. The van der Waals surface area contributed by atoms with Gasteiger partial charge in [0.05, 0.1) is 36.5 Å². The van der Waals surface area contributed by atoms with Gasteiger partial charge in [-0.3, -0.25) is 4.68 Å². The lowest BCUT2D eigenvalue weighted by Crippen LogP contribution is -2.36. The van der Waals surface area contributed by atoms with E-state index >= 15 is 0 Å². The molecule has 2 aromatic rings. The molecule has 154 valence electrons. The number of ether oxygens (including phenoxy) is 1. The van der Waals surface area contributed by atoms with Crippen molar-refractivity contribution in [1.82, 2.24) is 24.7 Å². The van der Waals surface area contributed by atoms with Crippen LogP contribution in [0.1, 0.15) is 18.3 Å². The Morgan fingerprint density at radius 2 is 1.96 bits per heavy atom. The van der Waals surface area contributed by atoms with Gasteiger partial charge in [-0.05, 0) is 20.8 Å². The fraction of sp³-hybridized carbons (Fsp3) is 0.588. The van der Waals surface area contributed by atoms with Crippen molar-refractivity contribution in [2.45, 2.75) is 32.2 Å². The van der Waals surface area contributed by atoms with Crippen LogP contribution in [-0.4, -0.2) is 67.8 Å². The minimum atomic E-state index is -3.62. The highest BCUT2D eigenvalue weighted by Crippen LogP contribution is 2.19. The number of nitrogens with one attached hydrogen (secondary N) is 2. The summed E-state index contributed by atoms with van der Waals surface area (Å²) in [7, 11) is -3.62. The standard InChI is InChI=1S/C17H27N7O3S/c1-4-24-14(3)17(13(2)22-24)28(25,26)20-6-5-18-16-11-15(12-19-21-16)23-7-9-27-10-8-23/h11-12,20H,4-10H2,1-3H3,(H,18,21). The van der Waals surface area contributed by atoms with Gasteiger partial charge in [0, 0.05) is 38.8 Å². The number of anilines is 2. The predicted molar refractivity (Wildman–Crippen MR) is 106 cm³/mol. The average molecular weight is 410 g/mol. The Kier molecular flexibility index (Phi) is 6.47. The van der Waals surface area contributed by atoms with Crippen LogP contribution < -0.4 is 14.9 Å². The van der Waals surface area contributed by atoms with Crippen molar-refractivity contribution in [3.05, 3.63) is 23.7 Å². The van der Waals surface area contributed by atoms with Crippen molar-refractivity contribution in [2.75, 3.05) is 49.6 Å². The topological polar surface area (TPSA) is 114 Å². The quantitative estimate of drug-likeness (QED) is 0.607. The van der Waals surface area contributed by atoms with Gasteiger partial charge in [0.25, 0.3) is 0 Å². The summed E-state index contributed by atoms with van der Waals surface area (Å²) in [6.45, 7) is 9.66. The summed E-state index contributed by atoms with van der Waals surface area (Å²) < 4.78 is 34.9. The molecule has 2 aromatic heterocycles. The lowest BCUT2D eigenvalue weighted by atomic mass is 10.3. The Hall–Kier alpha value is -2.24. The van der Waals surface area contributed by atoms with Crippen LogP contribution in [0.15, 0.2) is 17.2 Å². The molecule has 11 heteroatoms. The molecule has 3 heterocycles. The summed E-state index contributed by atoms with van der Waals surface area (Å²) >= 11 is 0. The summed E-state index contributed by atoms with van der Waals surface area (Å²) in [5.41, 5.74) is 2.12. The van der Waals surface area contributed by atoms with Gasteiger partial charge in [0.2, 0.25) is 10.0 Å². The molecule has 0 radical (unpaired) electrons. The predicted octanol–water partition coefficient (Wildman–Crippen LogP) is 0.537. The van der Waals surface area contributed by atoms with Crippen LogP contribution in [0.4, 0.5) is 11.5 Å². The molecule has 0 aliphatic carbocycles. The number of hydrogen-bond acceptors (Lipinski definition) is 8.